The van der Waals surface area contributed by atoms with E-state index in [2.05, 4.69) is 4.99 Å². The second-order valence-electron chi connectivity index (χ2n) is 2.93. The Kier molecular flexibility index (Phi) is 5.82. The van der Waals surface area contributed by atoms with Gasteiger partial charge in [0.05, 0.1) is 12.7 Å². The summed E-state index contributed by atoms with van der Waals surface area (Å²) in [6, 6.07) is 0. The van der Waals surface area contributed by atoms with E-state index in [4.69, 9.17) is 15.9 Å². The third-order valence-corrected chi connectivity index (χ3v) is 1.63. The Bertz CT molecular complexity index is 218. The fourth-order valence-corrected chi connectivity index (χ4v) is 0.760. The van der Waals surface area contributed by atoms with E-state index in [0.717, 1.165) is 0 Å². The van der Waals surface area contributed by atoms with Gasteiger partial charge in [-0.1, -0.05) is 6.92 Å². The standard InChI is InChI=1S/C8H17N3O3/c1-3-7(14)10-8(9)11(2)4-6(13)5-12/h6,12-13H,3-5H2,1-2H3,(H2,9,10,14). The average molecular weight is 203 g/mol. The van der Waals surface area contributed by atoms with Gasteiger partial charge < -0.3 is 20.8 Å². The van der Waals surface area contributed by atoms with Crippen LogP contribution in [-0.4, -0.2) is 53.3 Å². The molecular formula is C8H17N3O3. The van der Waals surface area contributed by atoms with Crippen LogP contribution in [0.1, 0.15) is 13.3 Å². The van der Waals surface area contributed by atoms with Crippen molar-refractivity contribution in [3.63, 3.8) is 0 Å². The molecular weight excluding hydrogens is 186 g/mol. The summed E-state index contributed by atoms with van der Waals surface area (Å²) in [7, 11) is 1.58. The van der Waals surface area contributed by atoms with E-state index in [9.17, 15) is 4.79 Å². The Hall–Kier alpha value is -1.14. The van der Waals surface area contributed by atoms with Crippen LogP contribution < -0.4 is 5.73 Å². The van der Waals surface area contributed by atoms with Crippen molar-refractivity contribution in [3.05, 3.63) is 0 Å². The van der Waals surface area contributed by atoms with Gasteiger partial charge in [-0.15, -0.1) is 0 Å². The maximum absolute atomic E-state index is 10.9. The van der Waals surface area contributed by atoms with Crippen LogP contribution in [0.4, 0.5) is 0 Å². The molecule has 0 bridgehead atoms. The number of nitrogens with zero attached hydrogens (tertiary/aromatic N) is 2. The van der Waals surface area contributed by atoms with E-state index >= 15 is 0 Å². The van der Waals surface area contributed by atoms with E-state index in [1.807, 2.05) is 0 Å². The number of guanidine groups is 1. The number of hydrogen-bond donors (Lipinski definition) is 3. The van der Waals surface area contributed by atoms with Gasteiger partial charge in [-0.3, -0.25) is 4.79 Å². The first kappa shape index (κ1) is 12.9. The minimum Gasteiger partial charge on any atom is -0.394 e. The molecule has 6 heteroatoms. The van der Waals surface area contributed by atoms with Crippen molar-refractivity contribution in [2.45, 2.75) is 19.4 Å². The third kappa shape index (κ3) is 4.78. The maximum atomic E-state index is 10.9. The van der Waals surface area contributed by atoms with Gasteiger partial charge in [-0.2, -0.15) is 4.99 Å². The normalized spacial score (nSPS) is 13.9. The van der Waals surface area contributed by atoms with Crippen molar-refractivity contribution in [2.75, 3.05) is 20.2 Å². The molecule has 0 aromatic rings. The molecule has 1 amide bonds. The van der Waals surface area contributed by atoms with Crippen LogP contribution >= 0.6 is 0 Å². The van der Waals surface area contributed by atoms with Crippen molar-refractivity contribution < 1.29 is 15.0 Å². The lowest BCUT2D eigenvalue weighted by Gasteiger charge is -2.19. The Balaban J connectivity index is 4.17. The first-order valence-corrected chi connectivity index (χ1v) is 4.38. The summed E-state index contributed by atoms with van der Waals surface area (Å²) in [4.78, 5) is 15.9. The summed E-state index contributed by atoms with van der Waals surface area (Å²) in [6.45, 7) is 1.48. The molecule has 1 atom stereocenters. The summed E-state index contributed by atoms with van der Waals surface area (Å²) in [5.74, 6) is -0.266. The molecule has 0 fully saturated rings. The number of aliphatic imine (C=N–C) groups is 1. The molecule has 82 valence electrons. The molecule has 0 heterocycles. The Morgan fingerprint density at radius 2 is 2.21 bits per heavy atom. The highest BCUT2D eigenvalue weighted by atomic mass is 16.3. The highest BCUT2D eigenvalue weighted by Crippen LogP contribution is 1.90. The first-order chi connectivity index (χ1) is 6.51. The predicted octanol–water partition coefficient (Wildman–Crippen LogP) is -1.48. The number of aliphatic hydroxyl groups is 2. The lowest BCUT2D eigenvalue weighted by atomic mass is 10.3. The summed E-state index contributed by atoms with van der Waals surface area (Å²) in [5, 5.41) is 17.7. The topological polar surface area (TPSA) is 99.2 Å². The predicted molar refractivity (Wildman–Crippen MR) is 52.6 cm³/mol. The molecule has 14 heavy (non-hydrogen) atoms. The third-order valence-electron chi connectivity index (χ3n) is 1.63. The molecule has 0 radical (unpaired) electrons. The highest BCUT2D eigenvalue weighted by molar-refractivity contribution is 5.92. The lowest BCUT2D eigenvalue weighted by molar-refractivity contribution is -0.117. The zero-order valence-corrected chi connectivity index (χ0v) is 8.47. The van der Waals surface area contributed by atoms with Gasteiger partial charge in [0, 0.05) is 20.0 Å². The van der Waals surface area contributed by atoms with Crippen LogP contribution in [-0.2, 0) is 4.79 Å². The number of aliphatic hydroxyl groups excluding tert-OH is 2. The minimum absolute atomic E-state index is 0.0457. The van der Waals surface area contributed by atoms with Crippen molar-refractivity contribution in [3.8, 4) is 0 Å². The van der Waals surface area contributed by atoms with Gasteiger partial charge >= 0.3 is 0 Å². The van der Waals surface area contributed by atoms with E-state index in [-0.39, 0.29) is 31.4 Å². The minimum atomic E-state index is -0.884. The largest absolute Gasteiger partial charge is 0.394 e. The van der Waals surface area contributed by atoms with Crippen LogP contribution in [0.2, 0.25) is 0 Å². The van der Waals surface area contributed by atoms with E-state index in [1.165, 1.54) is 4.90 Å². The molecule has 0 aromatic heterocycles. The Morgan fingerprint density at radius 1 is 1.64 bits per heavy atom. The van der Waals surface area contributed by atoms with Crippen molar-refractivity contribution in [1.29, 1.82) is 0 Å². The average Bonchev–Trinajstić information content (AvgIpc) is 2.17. The summed E-state index contributed by atoms with van der Waals surface area (Å²) in [6.07, 6.45) is -0.595. The first-order valence-electron chi connectivity index (χ1n) is 4.38. The summed E-state index contributed by atoms with van der Waals surface area (Å²) >= 11 is 0. The van der Waals surface area contributed by atoms with Crippen LogP contribution in [0.3, 0.4) is 0 Å². The molecule has 1 unspecified atom stereocenters. The SMILES string of the molecule is CCC(=O)N=C(N)N(C)CC(O)CO. The fourth-order valence-electron chi connectivity index (χ4n) is 0.760. The van der Waals surface area contributed by atoms with Gasteiger partial charge in [0.2, 0.25) is 5.91 Å². The number of nitrogens with two attached hydrogens (primary N) is 1. The van der Waals surface area contributed by atoms with E-state index < -0.39 is 6.10 Å². The smallest absolute Gasteiger partial charge is 0.248 e. The molecule has 0 saturated carbocycles. The second-order valence-corrected chi connectivity index (χ2v) is 2.93. The van der Waals surface area contributed by atoms with Crippen LogP contribution in [0.5, 0.6) is 0 Å². The van der Waals surface area contributed by atoms with Crippen molar-refractivity contribution >= 4 is 11.9 Å². The van der Waals surface area contributed by atoms with Crippen molar-refractivity contribution in [1.82, 2.24) is 4.90 Å². The monoisotopic (exact) mass is 203 g/mol. The van der Waals surface area contributed by atoms with Gasteiger partial charge in [0.15, 0.2) is 5.96 Å². The van der Waals surface area contributed by atoms with Crippen LogP contribution in [0.25, 0.3) is 0 Å². The number of likely N-dealkylation sites (N-methyl/N-ethyl adjacent to an activating group) is 1. The summed E-state index contributed by atoms with van der Waals surface area (Å²) in [5.41, 5.74) is 5.46. The molecule has 6 nitrogen and oxygen atoms in total. The number of carbonyl (C=O) groups excluding carboxylic acids is 1. The molecule has 0 aliphatic rings. The number of amides is 1. The zero-order chi connectivity index (χ0) is 11.1. The lowest BCUT2D eigenvalue weighted by Crippen LogP contribution is -2.40. The van der Waals surface area contributed by atoms with Gasteiger partial charge in [-0.05, 0) is 0 Å². The fraction of sp³-hybridized carbons (Fsp3) is 0.750. The van der Waals surface area contributed by atoms with Crippen LogP contribution in [0, 0.1) is 0 Å². The molecule has 0 spiro atoms. The number of hydrogen-bond acceptors (Lipinski definition) is 3. The molecule has 0 aliphatic heterocycles. The van der Waals surface area contributed by atoms with E-state index in [0.29, 0.717) is 0 Å². The molecule has 0 aromatic carbocycles. The molecule has 0 aliphatic carbocycles. The Morgan fingerprint density at radius 3 is 2.64 bits per heavy atom. The maximum Gasteiger partial charge on any atom is 0.248 e. The number of rotatable bonds is 4. The van der Waals surface area contributed by atoms with E-state index in [1.54, 1.807) is 14.0 Å². The van der Waals surface area contributed by atoms with Crippen molar-refractivity contribution in [2.24, 2.45) is 10.7 Å². The Labute approximate surface area is 83.0 Å². The van der Waals surface area contributed by atoms with Gasteiger partial charge in [0.25, 0.3) is 0 Å². The quantitative estimate of drug-likeness (QED) is 0.382. The zero-order valence-electron chi connectivity index (χ0n) is 8.47. The van der Waals surface area contributed by atoms with Gasteiger partial charge in [-0.25, -0.2) is 0 Å². The summed E-state index contributed by atoms with van der Waals surface area (Å²) < 4.78 is 0. The second kappa shape index (κ2) is 6.33. The number of carbonyl (C=O) groups is 1. The molecule has 0 saturated heterocycles. The molecule has 0 rings (SSSR count). The van der Waals surface area contributed by atoms with Gasteiger partial charge in [0.1, 0.15) is 0 Å². The highest BCUT2D eigenvalue weighted by Gasteiger charge is 2.09. The van der Waals surface area contributed by atoms with Crippen LogP contribution in [0.15, 0.2) is 4.99 Å². The molecule has 4 N–H and O–H groups in total.